The summed E-state index contributed by atoms with van der Waals surface area (Å²) in [6, 6.07) is 27.6. The molecular formula is C40H43N5O5. The van der Waals surface area contributed by atoms with Crippen molar-refractivity contribution in [1.82, 2.24) is 14.8 Å². The molecule has 1 aliphatic rings. The fourth-order valence-corrected chi connectivity index (χ4v) is 6.36. The van der Waals surface area contributed by atoms with Gasteiger partial charge in [0.15, 0.2) is 0 Å². The van der Waals surface area contributed by atoms with Gasteiger partial charge in [0.25, 0.3) is 5.91 Å². The summed E-state index contributed by atoms with van der Waals surface area (Å²) in [6.07, 6.45) is 6.04. The Balaban J connectivity index is 1.12. The molecule has 258 valence electrons. The molecule has 1 aromatic heterocycles. The second-order valence-corrected chi connectivity index (χ2v) is 12.8. The quantitative estimate of drug-likeness (QED) is 0.128. The molecule has 0 spiro atoms. The van der Waals surface area contributed by atoms with Gasteiger partial charge in [0.05, 0.1) is 12.6 Å². The van der Waals surface area contributed by atoms with E-state index in [1.165, 1.54) is 43.4 Å². The molecule has 1 saturated heterocycles. The number of ether oxygens (including phenoxy) is 2. The molecule has 3 N–H and O–H groups in total. The number of carbonyl (C=O) groups is 3. The minimum Gasteiger partial charge on any atom is -0.465 e. The molecule has 0 saturated carbocycles. The van der Waals surface area contributed by atoms with E-state index in [2.05, 4.69) is 62.8 Å². The first-order chi connectivity index (χ1) is 24.2. The van der Waals surface area contributed by atoms with Crippen LogP contribution in [0.2, 0.25) is 0 Å². The van der Waals surface area contributed by atoms with Crippen LogP contribution in [0, 0.1) is 0 Å². The Morgan fingerprint density at radius 2 is 1.48 bits per heavy atom. The van der Waals surface area contributed by atoms with Crippen molar-refractivity contribution in [2.45, 2.75) is 52.1 Å². The molecule has 5 aromatic rings. The second-order valence-electron chi connectivity index (χ2n) is 12.8. The van der Waals surface area contributed by atoms with Crippen LogP contribution in [0.4, 0.5) is 16.2 Å². The first-order valence-corrected chi connectivity index (χ1v) is 17.0. The molecule has 4 aromatic carbocycles. The Morgan fingerprint density at radius 3 is 2.18 bits per heavy atom. The number of hydrogen-bond donors (Lipinski definition) is 3. The van der Waals surface area contributed by atoms with Crippen molar-refractivity contribution in [3.05, 3.63) is 114 Å². The first kappa shape index (κ1) is 34.3. The number of methoxy groups -OCH3 is 1. The number of anilines is 2. The summed E-state index contributed by atoms with van der Waals surface area (Å²) < 4.78 is 13.1. The molecule has 10 heteroatoms. The van der Waals surface area contributed by atoms with Crippen LogP contribution in [0.5, 0.6) is 11.5 Å². The number of likely N-dealkylation sites (tertiary alicyclic amines) is 1. The number of piperidine rings is 1. The Kier molecular flexibility index (Phi) is 10.5. The second kappa shape index (κ2) is 15.3. The number of hydrogen-bond acceptors (Lipinski definition) is 6. The molecule has 1 fully saturated rings. The Hall–Kier alpha value is -5.61. The third kappa shape index (κ3) is 7.82. The van der Waals surface area contributed by atoms with Gasteiger partial charge < -0.3 is 30.0 Å². The Labute approximate surface area is 292 Å². The predicted molar refractivity (Wildman–Crippen MR) is 197 cm³/mol. The smallest absolute Gasteiger partial charge is 0.341 e. The highest BCUT2D eigenvalue weighted by Gasteiger charge is 2.22. The van der Waals surface area contributed by atoms with E-state index in [0.29, 0.717) is 28.7 Å². The van der Waals surface area contributed by atoms with Crippen molar-refractivity contribution in [1.29, 1.82) is 0 Å². The standard InChI is InChI=1S/C40H43N5O5/c1-26(2)41-40(48)43-30-16-21-37(34(24-30)39(47)49-4)50-32-19-14-29(15-20-32)42-38(46)28-12-17-31(18-13-28)45-25-35(33-10-6-7-11-36(33)45)27(3)44-22-8-5-9-23-44/h6-7,10-21,24-27H,5,8-9,22-23H2,1-4H3,(H,42,46)(H2,41,43,48). The van der Waals surface area contributed by atoms with Crippen molar-refractivity contribution in [2.75, 3.05) is 30.8 Å². The minimum atomic E-state index is -0.611. The third-order valence-electron chi connectivity index (χ3n) is 8.94. The van der Waals surface area contributed by atoms with Crippen LogP contribution in [-0.2, 0) is 4.74 Å². The number of nitrogens with zero attached hydrogens (tertiary/aromatic N) is 2. The highest BCUT2D eigenvalue weighted by molar-refractivity contribution is 6.04. The molecule has 1 aliphatic heterocycles. The number of para-hydroxylation sites is 1. The van der Waals surface area contributed by atoms with Gasteiger partial charge in [-0.3, -0.25) is 9.69 Å². The normalized spacial score (nSPS) is 13.9. The zero-order valence-electron chi connectivity index (χ0n) is 28.9. The number of nitrogens with one attached hydrogen (secondary N) is 3. The summed E-state index contributed by atoms with van der Waals surface area (Å²) in [5.41, 5.74) is 5.14. The van der Waals surface area contributed by atoms with Gasteiger partial charge >= 0.3 is 12.0 Å². The molecular weight excluding hydrogens is 630 g/mol. The van der Waals surface area contributed by atoms with E-state index in [1.54, 1.807) is 36.4 Å². The molecule has 0 radical (unpaired) electrons. The number of aromatic nitrogens is 1. The van der Waals surface area contributed by atoms with Crippen molar-refractivity contribution >= 4 is 40.2 Å². The van der Waals surface area contributed by atoms with Crippen LogP contribution in [0.3, 0.4) is 0 Å². The van der Waals surface area contributed by atoms with Gasteiger partial charge in [0.2, 0.25) is 0 Å². The van der Waals surface area contributed by atoms with Crippen molar-refractivity contribution < 1.29 is 23.9 Å². The van der Waals surface area contributed by atoms with Gasteiger partial charge in [-0.15, -0.1) is 0 Å². The van der Waals surface area contributed by atoms with Crippen LogP contribution in [-0.4, -0.2) is 53.6 Å². The Morgan fingerprint density at radius 1 is 0.780 bits per heavy atom. The maximum absolute atomic E-state index is 13.2. The molecule has 0 aliphatic carbocycles. The molecule has 1 atom stereocenters. The number of fused-ring (bicyclic) bond motifs is 1. The minimum absolute atomic E-state index is 0.0472. The summed E-state index contributed by atoms with van der Waals surface area (Å²) in [5, 5.41) is 9.63. The van der Waals surface area contributed by atoms with E-state index >= 15 is 0 Å². The monoisotopic (exact) mass is 673 g/mol. The van der Waals surface area contributed by atoms with E-state index in [1.807, 2.05) is 38.1 Å². The van der Waals surface area contributed by atoms with Crippen LogP contribution in [0.15, 0.2) is 97.2 Å². The van der Waals surface area contributed by atoms with Crippen LogP contribution in [0.1, 0.15) is 72.4 Å². The maximum Gasteiger partial charge on any atom is 0.341 e. The van der Waals surface area contributed by atoms with Gasteiger partial charge in [-0.2, -0.15) is 0 Å². The lowest BCUT2D eigenvalue weighted by atomic mass is 10.0. The van der Waals surface area contributed by atoms with Gasteiger partial charge in [-0.05, 0) is 125 Å². The lowest BCUT2D eigenvalue weighted by Gasteiger charge is -2.32. The predicted octanol–water partition coefficient (Wildman–Crippen LogP) is 8.54. The van der Waals surface area contributed by atoms with Crippen LogP contribution >= 0.6 is 0 Å². The molecule has 2 heterocycles. The average molecular weight is 674 g/mol. The van der Waals surface area contributed by atoms with Crippen molar-refractivity contribution in [3.63, 3.8) is 0 Å². The van der Waals surface area contributed by atoms with Gasteiger partial charge in [-0.1, -0.05) is 24.6 Å². The van der Waals surface area contributed by atoms with E-state index in [4.69, 9.17) is 9.47 Å². The number of rotatable bonds is 10. The topological polar surface area (TPSA) is 114 Å². The summed E-state index contributed by atoms with van der Waals surface area (Å²) in [4.78, 5) is 40.4. The number of esters is 1. The van der Waals surface area contributed by atoms with Crippen molar-refractivity contribution in [2.24, 2.45) is 0 Å². The largest absolute Gasteiger partial charge is 0.465 e. The molecule has 0 bridgehead atoms. The SMILES string of the molecule is COC(=O)c1cc(NC(=O)NC(C)C)ccc1Oc1ccc(NC(=O)c2ccc(-n3cc(C(C)N4CCCCC4)c4ccccc43)cc2)cc1. The fraction of sp³-hybridized carbons (Fsp3) is 0.275. The molecule has 3 amide bonds. The Bertz CT molecular complexity index is 1980. The van der Waals surface area contributed by atoms with E-state index in [0.717, 1.165) is 24.3 Å². The first-order valence-electron chi connectivity index (χ1n) is 17.0. The lowest BCUT2D eigenvalue weighted by molar-refractivity contribution is 0.0597. The molecule has 1 unspecified atom stereocenters. The zero-order chi connectivity index (χ0) is 35.2. The average Bonchev–Trinajstić information content (AvgIpc) is 3.52. The van der Waals surface area contributed by atoms with Crippen LogP contribution in [0.25, 0.3) is 16.6 Å². The summed E-state index contributed by atoms with van der Waals surface area (Å²) in [5.74, 6) is -0.143. The molecule has 50 heavy (non-hydrogen) atoms. The maximum atomic E-state index is 13.2. The third-order valence-corrected chi connectivity index (χ3v) is 8.94. The summed E-state index contributed by atoms with van der Waals surface area (Å²) in [6.45, 7) is 8.26. The number of benzene rings is 4. The summed E-state index contributed by atoms with van der Waals surface area (Å²) in [7, 11) is 1.28. The highest BCUT2D eigenvalue weighted by atomic mass is 16.5. The number of amides is 3. The lowest BCUT2D eigenvalue weighted by Crippen LogP contribution is -2.34. The van der Waals surface area contributed by atoms with Crippen LogP contribution < -0.4 is 20.7 Å². The number of urea groups is 1. The van der Waals surface area contributed by atoms with Gasteiger partial charge in [0, 0.05) is 46.3 Å². The highest BCUT2D eigenvalue weighted by Crippen LogP contribution is 2.34. The summed E-state index contributed by atoms with van der Waals surface area (Å²) >= 11 is 0. The van der Waals surface area contributed by atoms with Crippen molar-refractivity contribution in [3.8, 4) is 17.2 Å². The number of carbonyl (C=O) groups excluding carboxylic acids is 3. The van der Waals surface area contributed by atoms with E-state index in [9.17, 15) is 14.4 Å². The van der Waals surface area contributed by atoms with E-state index in [-0.39, 0.29) is 29.3 Å². The van der Waals surface area contributed by atoms with Gasteiger partial charge in [-0.25, -0.2) is 9.59 Å². The molecule has 6 rings (SSSR count). The fourth-order valence-electron chi connectivity index (χ4n) is 6.36. The van der Waals surface area contributed by atoms with E-state index < -0.39 is 5.97 Å². The molecule has 10 nitrogen and oxygen atoms in total. The van der Waals surface area contributed by atoms with Gasteiger partial charge in [0.1, 0.15) is 17.1 Å². The zero-order valence-corrected chi connectivity index (χ0v) is 28.9.